The Balaban J connectivity index is 2.84. The van der Waals surface area contributed by atoms with Crippen molar-refractivity contribution < 1.29 is 19.7 Å². The molecule has 0 atom stereocenters. The Morgan fingerprint density at radius 1 is 1.50 bits per heavy atom. The second-order valence-corrected chi connectivity index (χ2v) is 1.73. The van der Waals surface area contributed by atoms with Gasteiger partial charge in [0.05, 0.1) is 13.2 Å². The predicted octanol–water partition coefficient (Wildman–Crippen LogP) is 0.819. The third-order valence-corrected chi connectivity index (χ3v) is 0.819. The van der Waals surface area contributed by atoms with Gasteiger partial charge in [-0.25, -0.2) is 9.78 Å². The minimum atomic E-state index is -0.805. The summed E-state index contributed by atoms with van der Waals surface area (Å²) in [6, 6.07) is 0. The number of carboxylic acid groups (broad SMARTS) is 1. The monoisotopic (exact) mass is 148 g/mol. The van der Waals surface area contributed by atoms with Crippen molar-refractivity contribution in [2.75, 3.05) is 13.2 Å². The van der Waals surface area contributed by atoms with E-state index in [2.05, 4.69) is 9.78 Å². The van der Waals surface area contributed by atoms with Crippen molar-refractivity contribution in [3.05, 3.63) is 0 Å². The van der Waals surface area contributed by atoms with Crippen molar-refractivity contribution in [3.8, 4) is 0 Å². The molecule has 4 nitrogen and oxygen atoms in total. The van der Waals surface area contributed by atoms with Gasteiger partial charge >= 0.3 is 5.97 Å². The van der Waals surface area contributed by atoms with Crippen molar-refractivity contribution in [2.24, 2.45) is 0 Å². The van der Waals surface area contributed by atoms with Gasteiger partial charge in [0.2, 0.25) is 0 Å². The Hall–Kier alpha value is -0.610. The fourth-order valence-corrected chi connectivity index (χ4v) is 0.425. The van der Waals surface area contributed by atoms with E-state index < -0.39 is 5.97 Å². The average molecular weight is 148 g/mol. The highest BCUT2D eigenvalue weighted by Gasteiger charge is 1.95. The zero-order valence-electron chi connectivity index (χ0n) is 6.00. The lowest BCUT2D eigenvalue weighted by molar-refractivity contribution is -0.291. The molecule has 0 radical (unpaired) electrons. The van der Waals surface area contributed by atoms with Crippen LogP contribution in [-0.4, -0.2) is 24.3 Å². The third-order valence-electron chi connectivity index (χ3n) is 0.819. The number of carbonyl (C=O) groups is 1. The van der Waals surface area contributed by atoms with E-state index >= 15 is 0 Å². The molecule has 0 bridgehead atoms. The third kappa shape index (κ3) is 7.39. The van der Waals surface area contributed by atoms with Gasteiger partial charge in [0.15, 0.2) is 0 Å². The van der Waals surface area contributed by atoms with Crippen LogP contribution in [0, 0.1) is 0 Å². The normalized spacial score (nSPS) is 9.70. The molecule has 10 heavy (non-hydrogen) atoms. The number of rotatable bonds is 6. The molecule has 0 saturated carbocycles. The summed E-state index contributed by atoms with van der Waals surface area (Å²) < 4.78 is 0. The quantitative estimate of drug-likeness (QED) is 0.344. The smallest absolute Gasteiger partial charge is 0.303 e. The van der Waals surface area contributed by atoms with Crippen LogP contribution in [-0.2, 0) is 14.6 Å². The standard InChI is InChI=1S/C6H12O4/c1-2-9-10-5-3-4-6(7)8/h2-5H2,1H3,(H,7,8). The van der Waals surface area contributed by atoms with Gasteiger partial charge in [0.1, 0.15) is 0 Å². The summed E-state index contributed by atoms with van der Waals surface area (Å²) in [5.74, 6) is -0.805. The summed E-state index contributed by atoms with van der Waals surface area (Å²) in [5, 5.41) is 8.17. The lowest BCUT2D eigenvalue weighted by atomic mass is 10.3. The molecule has 0 aromatic rings. The SMILES string of the molecule is CCOOCCCC(=O)O. The molecule has 0 fully saturated rings. The van der Waals surface area contributed by atoms with Crippen LogP contribution in [0.5, 0.6) is 0 Å². The summed E-state index contributed by atoms with van der Waals surface area (Å²) in [6.45, 7) is 2.64. The van der Waals surface area contributed by atoms with Crippen LogP contribution in [0.2, 0.25) is 0 Å². The van der Waals surface area contributed by atoms with Gasteiger partial charge in [0, 0.05) is 6.42 Å². The minimum absolute atomic E-state index is 0.132. The Labute approximate surface area is 59.7 Å². The first-order chi connectivity index (χ1) is 4.77. The molecule has 0 spiro atoms. The van der Waals surface area contributed by atoms with E-state index in [0.29, 0.717) is 19.6 Å². The summed E-state index contributed by atoms with van der Waals surface area (Å²) >= 11 is 0. The average Bonchev–Trinajstić information content (AvgIpc) is 1.87. The molecule has 0 saturated heterocycles. The summed E-state index contributed by atoms with van der Waals surface area (Å²) in [4.78, 5) is 19.0. The Kier molecular flexibility index (Phi) is 6.11. The van der Waals surface area contributed by atoms with Gasteiger partial charge in [-0.2, -0.15) is 0 Å². The van der Waals surface area contributed by atoms with E-state index in [1.807, 2.05) is 0 Å². The molecule has 0 amide bonds. The molecule has 0 aliphatic heterocycles. The van der Waals surface area contributed by atoms with Gasteiger partial charge < -0.3 is 5.11 Å². The number of hydrogen-bond acceptors (Lipinski definition) is 3. The van der Waals surface area contributed by atoms with Crippen LogP contribution >= 0.6 is 0 Å². The maximum atomic E-state index is 9.94. The van der Waals surface area contributed by atoms with Crippen molar-refractivity contribution in [2.45, 2.75) is 19.8 Å². The fraction of sp³-hybridized carbons (Fsp3) is 0.833. The maximum Gasteiger partial charge on any atom is 0.303 e. The maximum absolute atomic E-state index is 9.94. The molecule has 4 heteroatoms. The topological polar surface area (TPSA) is 55.8 Å². The number of carboxylic acids is 1. The van der Waals surface area contributed by atoms with Crippen molar-refractivity contribution in [1.82, 2.24) is 0 Å². The molecule has 1 N–H and O–H groups in total. The van der Waals surface area contributed by atoms with Gasteiger partial charge in [-0.05, 0) is 13.3 Å². The molecule has 60 valence electrons. The fourth-order valence-electron chi connectivity index (χ4n) is 0.425. The zero-order valence-corrected chi connectivity index (χ0v) is 6.00. The van der Waals surface area contributed by atoms with Gasteiger partial charge in [-0.15, -0.1) is 0 Å². The zero-order chi connectivity index (χ0) is 7.82. The molecular weight excluding hydrogens is 136 g/mol. The Morgan fingerprint density at radius 3 is 2.70 bits per heavy atom. The van der Waals surface area contributed by atoms with Gasteiger partial charge in [-0.1, -0.05) is 0 Å². The molecule has 0 aliphatic rings. The summed E-state index contributed by atoms with van der Waals surface area (Å²) in [6.07, 6.45) is 0.627. The van der Waals surface area contributed by atoms with E-state index in [4.69, 9.17) is 5.11 Å². The van der Waals surface area contributed by atoms with Crippen molar-refractivity contribution in [1.29, 1.82) is 0 Å². The van der Waals surface area contributed by atoms with Gasteiger partial charge in [0.25, 0.3) is 0 Å². The highest BCUT2D eigenvalue weighted by Crippen LogP contribution is 1.89. The van der Waals surface area contributed by atoms with Crippen LogP contribution in [0.3, 0.4) is 0 Å². The molecule has 0 aromatic carbocycles. The van der Waals surface area contributed by atoms with E-state index in [9.17, 15) is 4.79 Å². The van der Waals surface area contributed by atoms with Crippen LogP contribution in [0.25, 0.3) is 0 Å². The summed E-state index contributed by atoms with van der Waals surface area (Å²) in [7, 11) is 0. The first kappa shape index (κ1) is 9.39. The molecule has 0 rings (SSSR count). The van der Waals surface area contributed by atoms with Crippen LogP contribution in [0.1, 0.15) is 19.8 Å². The van der Waals surface area contributed by atoms with Crippen LogP contribution in [0.15, 0.2) is 0 Å². The van der Waals surface area contributed by atoms with E-state index in [1.165, 1.54) is 0 Å². The molecule has 0 aromatic heterocycles. The predicted molar refractivity (Wildman–Crippen MR) is 34.4 cm³/mol. The van der Waals surface area contributed by atoms with Crippen LogP contribution < -0.4 is 0 Å². The van der Waals surface area contributed by atoms with Crippen molar-refractivity contribution >= 4 is 5.97 Å². The Bertz CT molecular complexity index is 91.7. The molecule has 0 unspecified atom stereocenters. The lowest BCUT2D eigenvalue weighted by Gasteiger charge is -1.98. The highest BCUT2D eigenvalue weighted by molar-refractivity contribution is 5.66. The van der Waals surface area contributed by atoms with E-state index in [0.717, 1.165) is 0 Å². The molecule has 0 aliphatic carbocycles. The van der Waals surface area contributed by atoms with Gasteiger partial charge in [-0.3, -0.25) is 4.79 Å². The van der Waals surface area contributed by atoms with Crippen LogP contribution in [0.4, 0.5) is 0 Å². The Morgan fingerprint density at radius 2 is 2.20 bits per heavy atom. The summed E-state index contributed by atoms with van der Waals surface area (Å²) in [5.41, 5.74) is 0. The minimum Gasteiger partial charge on any atom is -0.481 e. The first-order valence-electron chi connectivity index (χ1n) is 3.23. The molecular formula is C6H12O4. The highest BCUT2D eigenvalue weighted by atomic mass is 17.2. The number of hydrogen-bond donors (Lipinski definition) is 1. The number of aliphatic carboxylic acids is 1. The first-order valence-corrected chi connectivity index (χ1v) is 3.23. The second kappa shape index (κ2) is 6.51. The van der Waals surface area contributed by atoms with E-state index in [-0.39, 0.29) is 6.42 Å². The van der Waals surface area contributed by atoms with E-state index in [1.54, 1.807) is 6.92 Å². The second-order valence-electron chi connectivity index (χ2n) is 1.73. The molecule has 0 heterocycles. The lowest BCUT2D eigenvalue weighted by Crippen LogP contribution is -2.00. The largest absolute Gasteiger partial charge is 0.481 e. The van der Waals surface area contributed by atoms with Crippen molar-refractivity contribution in [3.63, 3.8) is 0 Å².